The normalized spacial score (nSPS) is 16.8. The molecule has 0 aliphatic heterocycles. The first-order chi connectivity index (χ1) is 10.4. The van der Waals surface area contributed by atoms with Crippen LogP contribution in [0.3, 0.4) is 0 Å². The molecule has 2 aliphatic carbocycles. The number of hydrogen-bond donors (Lipinski definition) is 0. The van der Waals surface area contributed by atoms with E-state index in [1.165, 1.54) is 0 Å². The minimum absolute atomic E-state index is 0. The Labute approximate surface area is 177 Å². The molecule has 0 bridgehead atoms. The van der Waals surface area contributed by atoms with Gasteiger partial charge in [0.25, 0.3) is 0 Å². The van der Waals surface area contributed by atoms with Crippen LogP contribution >= 0.6 is 0 Å². The predicted molar refractivity (Wildman–Crippen MR) is 112 cm³/mol. The molecule has 0 saturated heterocycles. The summed E-state index contributed by atoms with van der Waals surface area (Å²) in [5.41, 5.74) is 0.192. The van der Waals surface area contributed by atoms with Gasteiger partial charge in [0, 0.05) is 0 Å². The van der Waals surface area contributed by atoms with E-state index in [-0.39, 0.29) is 40.7 Å². The smallest absolute Gasteiger partial charge is 0.663 e. The molecule has 4 heteroatoms. The maximum absolute atomic E-state index is 4.51. The van der Waals surface area contributed by atoms with Crippen molar-refractivity contribution in [3.05, 3.63) is 75.7 Å². The van der Waals surface area contributed by atoms with Gasteiger partial charge in [-0.05, 0) is 64.2 Å². The fraction of sp³-hybridized carbons (Fsp3) is 0.450. The molecule has 2 aliphatic rings. The first kappa shape index (κ1) is 30.0. The van der Waals surface area contributed by atoms with Crippen LogP contribution in [0.2, 0.25) is 32.7 Å². The van der Waals surface area contributed by atoms with Gasteiger partial charge in [0.2, 0.25) is 0 Å². The summed E-state index contributed by atoms with van der Waals surface area (Å²) in [6.07, 6.45) is 20.0. The molecule has 2 rings (SSSR count). The van der Waals surface area contributed by atoms with E-state index >= 15 is 0 Å². The van der Waals surface area contributed by atoms with Crippen molar-refractivity contribution in [2.24, 2.45) is 0 Å². The van der Waals surface area contributed by atoms with E-state index in [0.29, 0.717) is 0 Å². The van der Waals surface area contributed by atoms with E-state index < -0.39 is 8.07 Å². The van der Waals surface area contributed by atoms with E-state index in [0.717, 1.165) is 0 Å². The van der Waals surface area contributed by atoms with Gasteiger partial charge >= 0.3 is 26.2 Å². The zero-order chi connectivity index (χ0) is 18.4. The molecule has 0 amide bonds. The largest absolute Gasteiger partial charge is 2.00 e. The minimum Gasteiger partial charge on any atom is -0.663 e. The third-order valence-electron chi connectivity index (χ3n) is 1.67. The number of hydrogen-bond acceptors (Lipinski definition) is 0. The summed E-state index contributed by atoms with van der Waals surface area (Å²) < 4.78 is 0. The van der Waals surface area contributed by atoms with Gasteiger partial charge in [-0.25, -0.2) is 0 Å². The maximum Gasteiger partial charge on any atom is 2.00 e. The van der Waals surface area contributed by atoms with Crippen molar-refractivity contribution in [1.82, 2.24) is 0 Å². The molecule has 0 heterocycles. The van der Waals surface area contributed by atoms with Crippen LogP contribution in [-0.2, 0) is 26.2 Å². The van der Waals surface area contributed by atoms with E-state index in [4.69, 9.17) is 0 Å². The van der Waals surface area contributed by atoms with Gasteiger partial charge in [-0.15, -0.1) is 13.6 Å². The van der Waals surface area contributed by atoms with Gasteiger partial charge in [0.15, 0.2) is 0 Å². The van der Waals surface area contributed by atoms with Crippen molar-refractivity contribution in [2.75, 3.05) is 0 Å². The van der Waals surface area contributed by atoms with Gasteiger partial charge < -0.3 is 11.5 Å². The molecule has 1 nitrogen and oxygen atoms in total. The van der Waals surface area contributed by atoms with Gasteiger partial charge in [0.05, 0.1) is 0 Å². The Kier molecular flexibility index (Phi) is 22.1. The first-order valence-electron chi connectivity index (χ1n) is 8.13. The zero-order valence-corrected chi connectivity index (χ0v) is 21.4. The van der Waals surface area contributed by atoms with E-state index in [1.54, 1.807) is 0 Å². The molecular weight excluding hydrogens is 402 g/mol. The van der Waals surface area contributed by atoms with E-state index in [2.05, 4.69) is 65.0 Å². The standard InChI is InChI=1S/C6H15NSi.2C5H5.C4H11Si.Zr/c1-6(2,3)7-8(4)5;2*1-2-4-5-3-1;1-5(2,3)4;/h1-5H3;2*1-5H;1H2,2-4H3;/q-1;;;-1;+2. The van der Waals surface area contributed by atoms with Crippen molar-refractivity contribution in [2.45, 2.75) is 59.0 Å². The molecule has 0 atom stereocenters. The van der Waals surface area contributed by atoms with Gasteiger partial charge in [0.1, 0.15) is 0 Å². The molecule has 0 aromatic carbocycles. The Balaban J connectivity index is -0.000000247. The molecule has 2 fully saturated rings. The minimum atomic E-state index is -0.861. The Hall–Kier alpha value is 1.28. The summed E-state index contributed by atoms with van der Waals surface area (Å²) in [5, 5.41) is 0. The van der Waals surface area contributed by atoms with Crippen molar-refractivity contribution >= 4 is 17.0 Å². The summed E-state index contributed by atoms with van der Waals surface area (Å²) in [4.78, 5) is 4.51. The van der Waals surface area contributed by atoms with Crippen LogP contribution in [0, 0.1) is 70.8 Å². The Bertz CT molecular complexity index is 206. The molecule has 0 N–H and O–H groups in total. The van der Waals surface area contributed by atoms with Gasteiger partial charge in [-0.2, -0.15) is 0 Å². The molecule has 0 unspecified atom stereocenters. The second kappa shape index (κ2) is 17.7. The predicted octanol–water partition coefficient (Wildman–Crippen LogP) is 6.15. The average Bonchev–Trinajstić information content (AvgIpc) is 3.04. The first-order valence-corrected chi connectivity index (χ1v) is 14.3. The van der Waals surface area contributed by atoms with Crippen LogP contribution < -0.4 is 0 Å². The molecule has 0 aromatic rings. The van der Waals surface area contributed by atoms with Crippen molar-refractivity contribution < 1.29 is 26.2 Å². The monoisotopic (exact) mass is 436 g/mol. The van der Waals surface area contributed by atoms with Crippen LogP contribution in [0.5, 0.6) is 0 Å². The molecule has 2 saturated carbocycles. The second-order valence-corrected chi connectivity index (χ2v) is 15.0. The summed E-state index contributed by atoms with van der Waals surface area (Å²) >= 11 is 0. The average molecular weight is 438 g/mol. The molecule has 0 spiro atoms. The third kappa shape index (κ3) is 43.6. The second-order valence-electron chi connectivity index (χ2n) is 7.71. The fourth-order valence-corrected chi connectivity index (χ4v) is 2.65. The van der Waals surface area contributed by atoms with Crippen LogP contribution in [0.25, 0.3) is 4.98 Å². The van der Waals surface area contributed by atoms with Crippen molar-refractivity contribution in [3.8, 4) is 0 Å². The summed E-state index contributed by atoms with van der Waals surface area (Å²) in [6.45, 7) is 21.4. The van der Waals surface area contributed by atoms with E-state index in [9.17, 15) is 0 Å². The Morgan fingerprint density at radius 2 is 0.875 bits per heavy atom. The van der Waals surface area contributed by atoms with E-state index in [1.807, 2.05) is 64.2 Å². The van der Waals surface area contributed by atoms with Crippen LogP contribution in [0.4, 0.5) is 0 Å². The molecule has 24 heavy (non-hydrogen) atoms. The zero-order valence-electron chi connectivity index (χ0n) is 16.9. The maximum atomic E-state index is 4.51. The summed E-state index contributed by atoms with van der Waals surface area (Å²) in [7, 11) is -1.23. The van der Waals surface area contributed by atoms with Crippen LogP contribution in [-0.4, -0.2) is 22.6 Å². The van der Waals surface area contributed by atoms with Crippen molar-refractivity contribution in [3.63, 3.8) is 0 Å². The molecule has 11 radical (unpaired) electrons. The molecular formula is C20H36NSi2Zr. The van der Waals surface area contributed by atoms with Crippen LogP contribution in [0.15, 0.2) is 0 Å². The molecule has 133 valence electrons. The topological polar surface area (TPSA) is 14.1 Å². The summed E-state index contributed by atoms with van der Waals surface area (Å²) in [5.74, 6) is 0. The van der Waals surface area contributed by atoms with Crippen LogP contribution in [0.1, 0.15) is 20.8 Å². The van der Waals surface area contributed by atoms with Gasteiger partial charge in [-0.1, -0.05) is 62.5 Å². The number of nitrogens with zero attached hydrogens (tertiary/aromatic N) is 1. The quantitative estimate of drug-likeness (QED) is 0.345. The van der Waals surface area contributed by atoms with Gasteiger partial charge in [-0.3, -0.25) is 0 Å². The molecule has 0 aromatic heterocycles. The summed E-state index contributed by atoms with van der Waals surface area (Å²) in [6, 6.07) is 0. The Morgan fingerprint density at radius 1 is 0.708 bits per heavy atom. The fourth-order valence-electron chi connectivity index (χ4n) is 1.31. The number of rotatable bonds is 1. The third-order valence-corrected chi connectivity index (χ3v) is 2.79. The Morgan fingerprint density at radius 3 is 0.917 bits per heavy atom. The van der Waals surface area contributed by atoms with Crippen molar-refractivity contribution in [1.29, 1.82) is 0 Å². The SMILES string of the molecule is C[Si](C)[N-]C(C)(C)C.[CH2-][Si](C)(C)C.[CH]1[CH][CH][CH][CH]1.[CH]1[CH][CH][CH][CH]1.[Zr+2].